The first-order valence-electron chi connectivity index (χ1n) is 5.82. The largest absolute Gasteiger partial charge is 0.497 e. The Kier molecular flexibility index (Phi) is 3.91. The normalized spacial score (nSPS) is 10.6. The number of aryl methyl sites for hydroxylation is 1. The van der Waals surface area contributed by atoms with Crippen molar-refractivity contribution in [2.75, 3.05) is 12.8 Å². The molecule has 0 radical (unpaired) electrons. The molecule has 5 heteroatoms. The van der Waals surface area contributed by atoms with Gasteiger partial charge in [0.15, 0.2) is 0 Å². The minimum absolute atomic E-state index is 0.686. The molecule has 96 valence electrons. The van der Waals surface area contributed by atoms with Gasteiger partial charge in [-0.1, -0.05) is 22.9 Å². The van der Waals surface area contributed by atoms with Crippen LogP contribution < -0.4 is 10.5 Å². The molecule has 0 aliphatic rings. The second kappa shape index (κ2) is 5.44. The van der Waals surface area contributed by atoms with Gasteiger partial charge >= 0.3 is 0 Å². The quantitative estimate of drug-likeness (QED) is 0.942. The van der Waals surface area contributed by atoms with Crippen molar-refractivity contribution in [3.05, 3.63) is 29.0 Å². The number of aromatic nitrogens is 2. The van der Waals surface area contributed by atoms with Crippen LogP contribution in [0.25, 0.3) is 11.3 Å². The van der Waals surface area contributed by atoms with Crippen LogP contribution in [0.1, 0.15) is 13.3 Å². The lowest BCUT2D eigenvalue weighted by molar-refractivity contribution is 0.415. The molecule has 0 atom stereocenters. The van der Waals surface area contributed by atoms with Crippen LogP contribution in [0.3, 0.4) is 0 Å². The van der Waals surface area contributed by atoms with Crippen molar-refractivity contribution in [2.45, 2.75) is 19.9 Å². The second-order valence-corrected chi connectivity index (χ2v) is 4.87. The van der Waals surface area contributed by atoms with E-state index >= 15 is 0 Å². The third kappa shape index (κ3) is 2.36. The predicted octanol–water partition coefficient (Wildman–Crippen LogP) is 3.31. The Labute approximate surface area is 115 Å². The van der Waals surface area contributed by atoms with Crippen LogP contribution in [-0.4, -0.2) is 16.7 Å². The van der Waals surface area contributed by atoms with E-state index in [-0.39, 0.29) is 0 Å². The maximum absolute atomic E-state index is 6.12. The van der Waals surface area contributed by atoms with Crippen molar-refractivity contribution in [3.8, 4) is 17.0 Å². The summed E-state index contributed by atoms with van der Waals surface area (Å²) in [6.07, 6.45) is 2.80. The van der Waals surface area contributed by atoms with Gasteiger partial charge in [0, 0.05) is 16.6 Å². The molecule has 0 saturated carbocycles. The zero-order valence-corrected chi connectivity index (χ0v) is 12.1. The van der Waals surface area contributed by atoms with Crippen LogP contribution in [0.15, 0.2) is 29.0 Å². The lowest BCUT2D eigenvalue weighted by Gasteiger charge is -2.07. The number of methoxy groups -OCH3 is 1. The summed E-state index contributed by atoms with van der Waals surface area (Å²) in [6.45, 7) is 2.99. The summed E-state index contributed by atoms with van der Waals surface area (Å²) >= 11 is 3.52. The van der Waals surface area contributed by atoms with Crippen LogP contribution in [0.2, 0.25) is 0 Å². The fourth-order valence-corrected chi connectivity index (χ4v) is 2.27. The first-order chi connectivity index (χ1) is 8.67. The van der Waals surface area contributed by atoms with Gasteiger partial charge in [0.25, 0.3) is 0 Å². The van der Waals surface area contributed by atoms with Crippen molar-refractivity contribution >= 4 is 21.7 Å². The van der Waals surface area contributed by atoms with Crippen molar-refractivity contribution in [3.63, 3.8) is 0 Å². The summed E-state index contributed by atoms with van der Waals surface area (Å²) in [5.41, 5.74) is 7.85. The predicted molar refractivity (Wildman–Crippen MR) is 76.6 cm³/mol. The van der Waals surface area contributed by atoms with Crippen molar-refractivity contribution in [1.82, 2.24) is 9.55 Å². The number of halogens is 1. The van der Waals surface area contributed by atoms with Crippen molar-refractivity contribution in [1.29, 1.82) is 0 Å². The molecule has 0 unspecified atom stereocenters. The average molecular weight is 310 g/mol. The molecule has 0 fully saturated rings. The van der Waals surface area contributed by atoms with E-state index in [0.29, 0.717) is 5.82 Å². The van der Waals surface area contributed by atoms with Gasteiger partial charge < -0.3 is 15.0 Å². The van der Waals surface area contributed by atoms with Crippen LogP contribution in [-0.2, 0) is 6.54 Å². The van der Waals surface area contributed by atoms with Crippen LogP contribution in [0.4, 0.5) is 5.82 Å². The molecule has 0 aliphatic carbocycles. The Morgan fingerprint density at radius 1 is 1.44 bits per heavy atom. The standard InChI is InChI=1S/C13H16BrN3O/c1-3-6-17-8-16-12(13(17)15)10-7-9(18-2)4-5-11(10)14/h4-5,7-8H,3,6,15H2,1-2H3. The Balaban J connectivity index is 2.48. The molecule has 18 heavy (non-hydrogen) atoms. The molecule has 2 rings (SSSR count). The highest BCUT2D eigenvalue weighted by atomic mass is 79.9. The summed E-state index contributed by atoms with van der Waals surface area (Å²) < 4.78 is 8.14. The van der Waals surface area contributed by atoms with Crippen molar-refractivity contribution in [2.24, 2.45) is 0 Å². The Bertz CT molecular complexity index is 551. The van der Waals surface area contributed by atoms with Crippen LogP contribution in [0, 0.1) is 0 Å². The second-order valence-electron chi connectivity index (χ2n) is 4.02. The molecule has 0 saturated heterocycles. The Hall–Kier alpha value is -1.49. The highest BCUT2D eigenvalue weighted by Gasteiger charge is 2.13. The first-order valence-corrected chi connectivity index (χ1v) is 6.61. The summed E-state index contributed by atoms with van der Waals surface area (Å²) in [5, 5.41) is 0. The van der Waals surface area contributed by atoms with Gasteiger partial charge in [0.2, 0.25) is 0 Å². The number of hydrogen-bond donors (Lipinski definition) is 1. The van der Waals surface area contributed by atoms with Crippen molar-refractivity contribution < 1.29 is 4.74 Å². The van der Waals surface area contributed by atoms with Gasteiger partial charge in [0.1, 0.15) is 17.3 Å². The lowest BCUT2D eigenvalue weighted by atomic mass is 10.1. The molecule has 0 amide bonds. The van der Waals surface area contributed by atoms with E-state index in [1.165, 1.54) is 0 Å². The van der Waals surface area contributed by atoms with Crippen LogP contribution in [0.5, 0.6) is 5.75 Å². The highest BCUT2D eigenvalue weighted by molar-refractivity contribution is 9.10. The zero-order chi connectivity index (χ0) is 13.1. The summed E-state index contributed by atoms with van der Waals surface area (Å²) in [7, 11) is 1.64. The molecule has 2 aromatic rings. The molecule has 0 spiro atoms. The smallest absolute Gasteiger partial charge is 0.131 e. The third-order valence-corrected chi connectivity index (χ3v) is 3.46. The monoisotopic (exact) mass is 309 g/mol. The van der Waals surface area contributed by atoms with Gasteiger partial charge in [0.05, 0.1) is 13.4 Å². The number of ether oxygens (including phenoxy) is 1. The van der Waals surface area contributed by atoms with Gasteiger partial charge in [-0.15, -0.1) is 0 Å². The first kappa shape index (κ1) is 13.0. The number of nitrogen functional groups attached to an aromatic ring is 1. The van der Waals surface area contributed by atoms with E-state index in [2.05, 4.69) is 27.8 Å². The van der Waals surface area contributed by atoms with E-state index in [0.717, 1.165) is 34.4 Å². The number of imidazole rings is 1. The summed E-state index contributed by atoms with van der Waals surface area (Å²) in [6, 6.07) is 5.76. The average Bonchev–Trinajstić information content (AvgIpc) is 2.73. The molecule has 0 aliphatic heterocycles. The lowest BCUT2D eigenvalue weighted by Crippen LogP contribution is -2.01. The number of rotatable bonds is 4. The van der Waals surface area contributed by atoms with E-state index in [4.69, 9.17) is 10.5 Å². The van der Waals surface area contributed by atoms with Gasteiger partial charge in [-0.05, 0) is 24.6 Å². The number of anilines is 1. The number of benzene rings is 1. The number of nitrogens with two attached hydrogens (primary N) is 1. The molecule has 1 aromatic heterocycles. The Morgan fingerprint density at radius 2 is 2.22 bits per heavy atom. The fourth-order valence-electron chi connectivity index (χ4n) is 1.83. The van der Waals surface area contributed by atoms with E-state index in [1.807, 2.05) is 22.8 Å². The molecule has 4 nitrogen and oxygen atoms in total. The van der Waals surface area contributed by atoms with Gasteiger partial charge in [-0.3, -0.25) is 0 Å². The molecular formula is C13H16BrN3O. The fraction of sp³-hybridized carbons (Fsp3) is 0.308. The molecular weight excluding hydrogens is 294 g/mol. The zero-order valence-electron chi connectivity index (χ0n) is 10.5. The third-order valence-electron chi connectivity index (χ3n) is 2.77. The topological polar surface area (TPSA) is 53.1 Å². The molecule has 0 bridgehead atoms. The molecule has 2 N–H and O–H groups in total. The van der Waals surface area contributed by atoms with Gasteiger partial charge in [-0.25, -0.2) is 4.98 Å². The van der Waals surface area contributed by atoms with E-state index in [9.17, 15) is 0 Å². The van der Waals surface area contributed by atoms with E-state index < -0.39 is 0 Å². The number of hydrogen-bond acceptors (Lipinski definition) is 3. The Morgan fingerprint density at radius 3 is 2.89 bits per heavy atom. The molecule has 1 heterocycles. The highest BCUT2D eigenvalue weighted by Crippen LogP contribution is 2.33. The van der Waals surface area contributed by atoms with Crippen LogP contribution >= 0.6 is 15.9 Å². The van der Waals surface area contributed by atoms with Gasteiger partial charge in [-0.2, -0.15) is 0 Å². The number of nitrogens with zero attached hydrogens (tertiary/aromatic N) is 2. The minimum Gasteiger partial charge on any atom is -0.497 e. The summed E-state index contributed by atoms with van der Waals surface area (Å²) in [5.74, 6) is 1.48. The maximum Gasteiger partial charge on any atom is 0.131 e. The minimum atomic E-state index is 0.686. The summed E-state index contributed by atoms with van der Waals surface area (Å²) in [4.78, 5) is 4.39. The molecule has 1 aromatic carbocycles. The van der Waals surface area contributed by atoms with E-state index in [1.54, 1.807) is 13.4 Å². The maximum atomic E-state index is 6.12. The SMILES string of the molecule is CCCn1cnc(-c2cc(OC)ccc2Br)c1N.